The van der Waals surface area contributed by atoms with Crippen LogP contribution in [0.1, 0.15) is 28.5 Å². The molecule has 1 aromatic carbocycles. The number of pyridine rings is 1. The van der Waals surface area contributed by atoms with Crippen LogP contribution in [0.25, 0.3) is 0 Å². The number of halogens is 2. The van der Waals surface area contributed by atoms with E-state index < -0.39 is 17.8 Å². The molecule has 0 aliphatic carbocycles. The van der Waals surface area contributed by atoms with Crippen molar-refractivity contribution in [3.63, 3.8) is 0 Å². The van der Waals surface area contributed by atoms with Gasteiger partial charge in [-0.1, -0.05) is 11.6 Å². The molecule has 9 heteroatoms. The van der Waals surface area contributed by atoms with Gasteiger partial charge in [-0.15, -0.1) is 0 Å². The molecule has 0 fully saturated rings. The van der Waals surface area contributed by atoms with Crippen molar-refractivity contribution in [2.75, 3.05) is 12.4 Å². The normalized spacial score (nSPS) is 17.0. The van der Waals surface area contributed by atoms with Crippen LogP contribution in [0.3, 0.4) is 0 Å². The van der Waals surface area contributed by atoms with Crippen LogP contribution in [0.4, 0.5) is 10.1 Å². The fourth-order valence-electron chi connectivity index (χ4n) is 2.48. The zero-order chi connectivity index (χ0) is 18.8. The van der Waals surface area contributed by atoms with E-state index in [1.807, 2.05) is 0 Å². The lowest BCUT2D eigenvalue weighted by Gasteiger charge is -2.26. The van der Waals surface area contributed by atoms with E-state index in [1.54, 1.807) is 6.07 Å². The Hall–Kier alpha value is -3.00. The van der Waals surface area contributed by atoms with Crippen LogP contribution in [-0.2, 0) is 4.79 Å². The Labute approximate surface area is 153 Å². The zero-order valence-electron chi connectivity index (χ0n) is 13.7. The van der Waals surface area contributed by atoms with Gasteiger partial charge in [0, 0.05) is 24.5 Å². The molecule has 1 unspecified atom stereocenters. The lowest BCUT2D eigenvalue weighted by Crippen LogP contribution is -2.42. The summed E-state index contributed by atoms with van der Waals surface area (Å²) in [4.78, 5) is 33.4. The number of benzene rings is 1. The van der Waals surface area contributed by atoms with Crippen LogP contribution in [0.5, 0.6) is 0 Å². The summed E-state index contributed by atoms with van der Waals surface area (Å²) < 4.78 is 14.2. The maximum atomic E-state index is 14.2. The van der Waals surface area contributed by atoms with Crippen LogP contribution in [0, 0.1) is 5.82 Å². The molecule has 2 amide bonds. The third-order valence-corrected chi connectivity index (χ3v) is 4.17. The van der Waals surface area contributed by atoms with Gasteiger partial charge in [-0.25, -0.2) is 14.4 Å². The summed E-state index contributed by atoms with van der Waals surface area (Å²) in [5.74, 6) is -1.25. The number of carbonyl (C=O) groups is 2. The van der Waals surface area contributed by atoms with Crippen molar-refractivity contribution in [1.82, 2.24) is 9.88 Å². The van der Waals surface area contributed by atoms with E-state index in [2.05, 4.69) is 15.3 Å². The van der Waals surface area contributed by atoms with Gasteiger partial charge < -0.3 is 11.1 Å². The summed E-state index contributed by atoms with van der Waals surface area (Å²) in [7, 11) is 1.50. The van der Waals surface area contributed by atoms with Crippen LogP contribution in [0.15, 0.2) is 41.5 Å². The Morgan fingerprint density at radius 2 is 2.15 bits per heavy atom. The van der Waals surface area contributed by atoms with E-state index in [0.717, 1.165) is 0 Å². The number of hydrogen-bond acceptors (Lipinski definition) is 5. The van der Waals surface area contributed by atoms with Crippen LogP contribution >= 0.6 is 11.6 Å². The quantitative estimate of drug-likeness (QED) is 0.859. The molecule has 134 valence electrons. The minimum absolute atomic E-state index is 0.00966. The van der Waals surface area contributed by atoms with E-state index in [4.69, 9.17) is 17.3 Å². The highest BCUT2D eigenvalue weighted by atomic mass is 35.5. The Morgan fingerprint density at radius 1 is 1.38 bits per heavy atom. The first-order chi connectivity index (χ1) is 12.3. The van der Waals surface area contributed by atoms with Crippen LogP contribution in [-0.4, -0.2) is 34.7 Å². The smallest absolute Gasteiger partial charge is 0.274 e. The summed E-state index contributed by atoms with van der Waals surface area (Å²) in [6.45, 7) is 0. The van der Waals surface area contributed by atoms with E-state index in [9.17, 15) is 14.0 Å². The number of nitrogens with one attached hydrogen (secondary N) is 1. The molecule has 2 heterocycles. The summed E-state index contributed by atoms with van der Waals surface area (Å²) in [6, 6.07) is 6.32. The number of hydrogen-bond donors (Lipinski definition) is 2. The second-order valence-corrected chi connectivity index (χ2v) is 6.15. The summed E-state index contributed by atoms with van der Waals surface area (Å²) in [5.41, 5.74) is 6.39. The summed E-state index contributed by atoms with van der Waals surface area (Å²) >= 11 is 5.75. The fraction of sp³-hybridized carbons (Fsp3) is 0.176. The Bertz CT molecular complexity index is 901. The molecule has 0 radical (unpaired) electrons. The predicted octanol–water partition coefficient (Wildman–Crippen LogP) is 2.34. The molecule has 1 aliphatic rings. The summed E-state index contributed by atoms with van der Waals surface area (Å²) in [6.07, 6.45) is 1.35. The topological polar surface area (TPSA) is 101 Å². The van der Waals surface area contributed by atoms with Gasteiger partial charge >= 0.3 is 0 Å². The molecule has 1 aliphatic heterocycles. The van der Waals surface area contributed by atoms with Crippen molar-refractivity contribution in [3.05, 3.63) is 58.6 Å². The molecular formula is C17H15ClFN5O2. The van der Waals surface area contributed by atoms with E-state index in [1.165, 1.54) is 42.4 Å². The average molecular weight is 376 g/mol. The number of nitrogens with two attached hydrogens (primary N) is 1. The third kappa shape index (κ3) is 3.65. The zero-order valence-corrected chi connectivity index (χ0v) is 14.5. The minimum Gasteiger partial charge on any atom is -0.369 e. The van der Waals surface area contributed by atoms with Crippen molar-refractivity contribution in [2.45, 2.75) is 12.5 Å². The van der Waals surface area contributed by atoms with Crippen molar-refractivity contribution in [3.8, 4) is 0 Å². The average Bonchev–Trinajstić information content (AvgIpc) is 2.61. The molecule has 0 spiro atoms. The number of nitrogens with zero attached hydrogens (tertiary/aromatic N) is 3. The van der Waals surface area contributed by atoms with E-state index in [-0.39, 0.29) is 29.5 Å². The first-order valence-electron chi connectivity index (χ1n) is 7.67. The number of rotatable bonds is 3. The largest absolute Gasteiger partial charge is 0.369 e. The second-order valence-electron chi connectivity index (χ2n) is 5.71. The number of guanidine groups is 1. The van der Waals surface area contributed by atoms with Gasteiger partial charge in [-0.3, -0.25) is 14.5 Å². The van der Waals surface area contributed by atoms with Gasteiger partial charge in [0.05, 0.1) is 17.5 Å². The molecular weight excluding hydrogens is 361 g/mol. The number of amides is 2. The van der Waals surface area contributed by atoms with Gasteiger partial charge in [-0.05, 0) is 30.3 Å². The van der Waals surface area contributed by atoms with Gasteiger partial charge in [0.15, 0.2) is 5.96 Å². The minimum atomic E-state index is -0.746. The van der Waals surface area contributed by atoms with Gasteiger partial charge in [0.25, 0.3) is 5.91 Å². The van der Waals surface area contributed by atoms with Crippen LogP contribution < -0.4 is 11.1 Å². The first-order valence-corrected chi connectivity index (χ1v) is 8.05. The molecule has 1 aromatic heterocycles. The van der Waals surface area contributed by atoms with E-state index in [0.29, 0.717) is 10.7 Å². The van der Waals surface area contributed by atoms with Crippen molar-refractivity contribution < 1.29 is 14.0 Å². The lowest BCUT2D eigenvalue weighted by atomic mass is 10.0. The van der Waals surface area contributed by atoms with Crippen molar-refractivity contribution in [1.29, 1.82) is 0 Å². The molecule has 3 N–H and O–H groups in total. The highest BCUT2D eigenvalue weighted by molar-refractivity contribution is 6.30. The Morgan fingerprint density at radius 3 is 2.81 bits per heavy atom. The van der Waals surface area contributed by atoms with Gasteiger partial charge in [0.1, 0.15) is 11.5 Å². The number of aliphatic imine (C=N–C) groups is 1. The first kappa shape index (κ1) is 17.8. The molecule has 3 rings (SSSR count). The lowest BCUT2D eigenvalue weighted by molar-refractivity contribution is -0.127. The second kappa shape index (κ2) is 7.09. The molecule has 0 saturated carbocycles. The Balaban J connectivity index is 1.85. The van der Waals surface area contributed by atoms with Gasteiger partial charge in [-0.2, -0.15) is 0 Å². The number of aromatic nitrogens is 1. The van der Waals surface area contributed by atoms with Crippen LogP contribution in [0.2, 0.25) is 5.02 Å². The monoisotopic (exact) mass is 375 g/mol. The molecule has 1 atom stereocenters. The predicted molar refractivity (Wildman–Crippen MR) is 95.4 cm³/mol. The maximum Gasteiger partial charge on any atom is 0.274 e. The fourth-order valence-corrected chi connectivity index (χ4v) is 2.60. The Kier molecular flexibility index (Phi) is 4.85. The third-order valence-electron chi connectivity index (χ3n) is 3.95. The van der Waals surface area contributed by atoms with Gasteiger partial charge in [0.2, 0.25) is 5.91 Å². The molecule has 26 heavy (non-hydrogen) atoms. The number of anilines is 1. The SMILES string of the molecule is CN1C(=O)CC(c2cc(NC(=O)c3ccc(Cl)cn3)ccc2F)N=C1N. The highest BCUT2D eigenvalue weighted by Gasteiger charge is 2.27. The highest BCUT2D eigenvalue weighted by Crippen LogP contribution is 2.29. The molecule has 2 aromatic rings. The number of carbonyl (C=O) groups excluding carboxylic acids is 2. The maximum absolute atomic E-state index is 14.2. The molecule has 0 saturated heterocycles. The molecule has 7 nitrogen and oxygen atoms in total. The van der Waals surface area contributed by atoms with Crippen molar-refractivity contribution >= 4 is 35.1 Å². The standard InChI is InChI=1S/C17H15ClFN5O2/c1-24-15(25)7-14(23-17(24)20)11-6-10(3-4-12(11)19)22-16(26)13-5-2-9(18)8-21-13/h2-6,8,14H,7H2,1H3,(H2,20,23)(H,22,26). The van der Waals surface area contributed by atoms with Crippen molar-refractivity contribution in [2.24, 2.45) is 10.7 Å². The molecule has 0 bridgehead atoms. The summed E-state index contributed by atoms with van der Waals surface area (Å²) in [5, 5.41) is 3.04. The van der Waals surface area contributed by atoms with E-state index >= 15 is 0 Å².